The van der Waals surface area contributed by atoms with Gasteiger partial charge in [-0.2, -0.15) is 0 Å². The van der Waals surface area contributed by atoms with Gasteiger partial charge in [-0.3, -0.25) is 4.98 Å². The molecular formula is C8H8N2. The highest BCUT2D eigenvalue weighted by Gasteiger charge is 1.89. The van der Waals surface area contributed by atoms with Gasteiger partial charge in [0.2, 0.25) is 0 Å². The lowest BCUT2D eigenvalue weighted by Crippen LogP contribution is -1.98. The molecule has 0 amide bonds. The maximum Gasteiger partial charge on any atom is 0.0551 e. The quantitative estimate of drug-likeness (QED) is 0.566. The molecule has 0 unspecified atom stereocenters. The van der Waals surface area contributed by atoms with Crippen molar-refractivity contribution in [2.45, 2.75) is 6.54 Å². The molecule has 0 fully saturated rings. The van der Waals surface area contributed by atoms with Crippen LogP contribution in [0.25, 0.3) is 0 Å². The largest absolute Gasteiger partial charge is 0.325 e. The monoisotopic (exact) mass is 132 g/mol. The molecule has 2 N–H and O–H groups in total. The molecule has 0 spiro atoms. The van der Waals surface area contributed by atoms with Gasteiger partial charge in [0.15, 0.2) is 0 Å². The Bertz CT molecular complexity index is 260. The normalized spacial score (nSPS) is 8.80. The predicted molar refractivity (Wildman–Crippen MR) is 40.1 cm³/mol. The van der Waals surface area contributed by atoms with Crippen LogP contribution in [0.2, 0.25) is 0 Å². The molecule has 0 aliphatic carbocycles. The van der Waals surface area contributed by atoms with Crippen LogP contribution >= 0.6 is 0 Å². The van der Waals surface area contributed by atoms with Crippen LogP contribution in [0.5, 0.6) is 0 Å². The Hall–Kier alpha value is -1.33. The zero-order valence-corrected chi connectivity index (χ0v) is 5.54. The summed E-state index contributed by atoms with van der Waals surface area (Å²) in [6.45, 7) is 0.440. The summed E-state index contributed by atoms with van der Waals surface area (Å²) in [5.41, 5.74) is 7.00. The molecule has 50 valence electrons. The van der Waals surface area contributed by atoms with E-state index in [1.165, 1.54) is 0 Å². The number of hydrogen-bond acceptors (Lipinski definition) is 2. The van der Waals surface area contributed by atoms with Crippen LogP contribution in [-0.2, 0) is 6.54 Å². The van der Waals surface area contributed by atoms with Crippen LogP contribution in [0.4, 0.5) is 0 Å². The van der Waals surface area contributed by atoms with Gasteiger partial charge >= 0.3 is 0 Å². The van der Waals surface area contributed by atoms with E-state index < -0.39 is 0 Å². The van der Waals surface area contributed by atoms with Gasteiger partial charge in [0.05, 0.1) is 5.69 Å². The van der Waals surface area contributed by atoms with Crippen LogP contribution in [0.3, 0.4) is 0 Å². The van der Waals surface area contributed by atoms with E-state index in [4.69, 9.17) is 12.2 Å². The van der Waals surface area contributed by atoms with Crippen LogP contribution in [-0.4, -0.2) is 4.98 Å². The minimum Gasteiger partial charge on any atom is -0.325 e. The number of aromatic nitrogens is 1. The van der Waals surface area contributed by atoms with E-state index in [1.54, 1.807) is 18.3 Å². The van der Waals surface area contributed by atoms with Gasteiger partial charge in [0, 0.05) is 18.3 Å². The maximum atomic E-state index is 5.34. The Morgan fingerprint density at radius 1 is 1.70 bits per heavy atom. The topological polar surface area (TPSA) is 38.9 Å². The smallest absolute Gasteiger partial charge is 0.0551 e. The van der Waals surface area contributed by atoms with E-state index >= 15 is 0 Å². The van der Waals surface area contributed by atoms with E-state index in [0.717, 1.165) is 11.3 Å². The molecule has 2 heteroatoms. The predicted octanol–water partition coefficient (Wildman–Crippen LogP) is 0.522. The Labute approximate surface area is 60.1 Å². The molecule has 1 heterocycles. The molecule has 0 atom stereocenters. The summed E-state index contributed by atoms with van der Waals surface area (Å²) in [5, 5.41) is 0. The average molecular weight is 132 g/mol. The lowest BCUT2D eigenvalue weighted by molar-refractivity contribution is 0.989. The summed E-state index contributed by atoms with van der Waals surface area (Å²) in [6.07, 6.45) is 6.82. The van der Waals surface area contributed by atoms with Crippen molar-refractivity contribution in [1.82, 2.24) is 4.98 Å². The zero-order chi connectivity index (χ0) is 7.40. The molecule has 10 heavy (non-hydrogen) atoms. The molecule has 0 saturated carbocycles. The molecule has 0 radical (unpaired) electrons. The molecule has 0 aromatic carbocycles. The fraction of sp³-hybridized carbons (Fsp3) is 0.125. The second-order valence-electron chi connectivity index (χ2n) is 1.88. The van der Waals surface area contributed by atoms with Gasteiger partial charge in [-0.15, -0.1) is 6.42 Å². The number of rotatable bonds is 1. The fourth-order valence-corrected chi connectivity index (χ4v) is 0.680. The average Bonchev–Trinajstić information content (AvgIpc) is 2.05. The standard InChI is InChI=1S/C8H8N2/c1-2-7-3-4-10-8(5-7)6-9/h1,3-5H,6,9H2. The summed E-state index contributed by atoms with van der Waals surface area (Å²) in [5.74, 6) is 2.51. The Morgan fingerprint density at radius 2 is 2.50 bits per heavy atom. The van der Waals surface area contributed by atoms with Gasteiger partial charge in [0.25, 0.3) is 0 Å². The highest BCUT2D eigenvalue weighted by Crippen LogP contribution is 1.97. The van der Waals surface area contributed by atoms with Crippen LogP contribution in [0, 0.1) is 12.3 Å². The zero-order valence-electron chi connectivity index (χ0n) is 5.54. The minimum absolute atomic E-state index is 0.440. The van der Waals surface area contributed by atoms with E-state index in [-0.39, 0.29) is 0 Å². The highest BCUT2D eigenvalue weighted by atomic mass is 14.7. The molecular weight excluding hydrogens is 124 g/mol. The molecule has 0 aliphatic rings. The Kier molecular flexibility index (Phi) is 2.03. The van der Waals surface area contributed by atoms with Gasteiger partial charge in [-0.25, -0.2) is 0 Å². The van der Waals surface area contributed by atoms with Crippen molar-refractivity contribution in [2.24, 2.45) is 5.73 Å². The van der Waals surface area contributed by atoms with Crippen molar-refractivity contribution in [2.75, 3.05) is 0 Å². The van der Waals surface area contributed by atoms with Crippen molar-refractivity contribution in [3.8, 4) is 12.3 Å². The SMILES string of the molecule is C#Cc1ccnc(CN)c1. The van der Waals surface area contributed by atoms with Gasteiger partial charge in [-0.1, -0.05) is 5.92 Å². The summed E-state index contributed by atoms with van der Waals surface area (Å²) in [6, 6.07) is 3.58. The minimum atomic E-state index is 0.440. The second-order valence-corrected chi connectivity index (χ2v) is 1.88. The van der Waals surface area contributed by atoms with Crippen molar-refractivity contribution in [3.05, 3.63) is 29.6 Å². The lowest BCUT2D eigenvalue weighted by atomic mass is 10.2. The van der Waals surface area contributed by atoms with Crippen LogP contribution < -0.4 is 5.73 Å². The lowest BCUT2D eigenvalue weighted by Gasteiger charge is -1.93. The molecule has 1 aromatic rings. The first-order valence-electron chi connectivity index (χ1n) is 2.98. The summed E-state index contributed by atoms with van der Waals surface area (Å²) >= 11 is 0. The van der Waals surface area contributed by atoms with E-state index in [1.807, 2.05) is 0 Å². The molecule has 1 aromatic heterocycles. The third-order valence-electron chi connectivity index (χ3n) is 1.19. The first kappa shape index (κ1) is 6.79. The van der Waals surface area contributed by atoms with Crippen molar-refractivity contribution in [1.29, 1.82) is 0 Å². The second kappa shape index (κ2) is 3.00. The number of terminal acetylenes is 1. The first-order valence-corrected chi connectivity index (χ1v) is 2.98. The highest BCUT2D eigenvalue weighted by molar-refractivity contribution is 5.31. The fourth-order valence-electron chi connectivity index (χ4n) is 0.680. The summed E-state index contributed by atoms with van der Waals surface area (Å²) < 4.78 is 0. The van der Waals surface area contributed by atoms with Crippen LogP contribution in [0.15, 0.2) is 18.3 Å². The third-order valence-corrected chi connectivity index (χ3v) is 1.19. The molecule has 0 aliphatic heterocycles. The van der Waals surface area contributed by atoms with Crippen LogP contribution in [0.1, 0.15) is 11.3 Å². The molecule has 1 rings (SSSR count). The maximum absolute atomic E-state index is 5.34. The van der Waals surface area contributed by atoms with Crippen molar-refractivity contribution < 1.29 is 0 Å². The summed E-state index contributed by atoms with van der Waals surface area (Å²) in [7, 11) is 0. The van der Waals surface area contributed by atoms with Gasteiger partial charge in [-0.05, 0) is 12.1 Å². The van der Waals surface area contributed by atoms with E-state index in [0.29, 0.717) is 6.54 Å². The molecule has 0 saturated heterocycles. The Morgan fingerprint density at radius 3 is 3.10 bits per heavy atom. The number of nitrogens with zero attached hydrogens (tertiary/aromatic N) is 1. The number of pyridine rings is 1. The van der Waals surface area contributed by atoms with Gasteiger partial charge < -0.3 is 5.73 Å². The molecule has 0 bridgehead atoms. The van der Waals surface area contributed by atoms with E-state index in [9.17, 15) is 0 Å². The third kappa shape index (κ3) is 1.34. The first-order chi connectivity index (χ1) is 4.86. The van der Waals surface area contributed by atoms with Crippen molar-refractivity contribution >= 4 is 0 Å². The molecule has 2 nitrogen and oxygen atoms in total. The number of hydrogen-bond donors (Lipinski definition) is 1. The van der Waals surface area contributed by atoms with Gasteiger partial charge in [0.1, 0.15) is 0 Å². The number of nitrogens with two attached hydrogens (primary N) is 1. The summed E-state index contributed by atoms with van der Waals surface area (Å²) in [4.78, 5) is 3.99. The van der Waals surface area contributed by atoms with E-state index in [2.05, 4.69) is 10.9 Å². The van der Waals surface area contributed by atoms with Crippen molar-refractivity contribution in [3.63, 3.8) is 0 Å². The Balaban J connectivity index is 3.01.